The quantitative estimate of drug-likeness (QED) is 0.692. The number of aliphatic carboxylic acids is 1. The summed E-state index contributed by atoms with van der Waals surface area (Å²) in [5, 5.41) is 11.6. The van der Waals surface area contributed by atoms with Crippen LogP contribution < -0.4 is 5.32 Å². The number of ether oxygens (including phenoxy) is 1. The maximum atomic E-state index is 10.6. The lowest BCUT2D eigenvalue weighted by atomic mass is 10.1. The summed E-state index contributed by atoms with van der Waals surface area (Å²) in [5.74, 6) is -0.139. The van der Waals surface area contributed by atoms with E-state index in [2.05, 4.69) is 19.2 Å². The average molecular weight is 201 g/mol. The summed E-state index contributed by atoms with van der Waals surface area (Å²) in [6, 6.07) is -0.418. The zero-order chi connectivity index (χ0) is 10.6. The van der Waals surface area contributed by atoms with Crippen molar-refractivity contribution in [2.75, 3.05) is 13.2 Å². The molecule has 0 aromatic heterocycles. The summed E-state index contributed by atoms with van der Waals surface area (Å²) in [6.07, 6.45) is 1.71. The molecule has 1 heterocycles. The van der Waals surface area contributed by atoms with Crippen LogP contribution in [0.5, 0.6) is 0 Å². The highest BCUT2D eigenvalue weighted by Gasteiger charge is 2.29. The Morgan fingerprint density at radius 3 is 2.86 bits per heavy atom. The van der Waals surface area contributed by atoms with E-state index in [9.17, 15) is 4.79 Å². The normalized spacial score (nSPS) is 27.1. The fourth-order valence-electron chi connectivity index (χ4n) is 1.49. The second kappa shape index (κ2) is 5.32. The average Bonchev–Trinajstić information content (AvgIpc) is 2.52. The van der Waals surface area contributed by atoms with Gasteiger partial charge < -0.3 is 15.2 Å². The highest BCUT2D eigenvalue weighted by Crippen LogP contribution is 2.11. The van der Waals surface area contributed by atoms with Crippen molar-refractivity contribution in [3.63, 3.8) is 0 Å². The van der Waals surface area contributed by atoms with Gasteiger partial charge in [0, 0.05) is 19.6 Å². The molecule has 4 nitrogen and oxygen atoms in total. The zero-order valence-electron chi connectivity index (χ0n) is 8.82. The van der Waals surface area contributed by atoms with Gasteiger partial charge in [-0.2, -0.15) is 0 Å². The summed E-state index contributed by atoms with van der Waals surface area (Å²) < 4.78 is 5.57. The van der Waals surface area contributed by atoms with Gasteiger partial charge in [0.25, 0.3) is 0 Å². The fourth-order valence-corrected chi connectivity index (χ4v) is 1.49. The monoisotopic (exact) mass is 201 g/mol. The minimum absolute atomic E-state index is 0.0786. The van der Waals surface area contributed by atoms with Gasteiger partial charge in [0.15, 0.2) is 0 Å². The summed E-state index contributed by atoms with van der Waals surface area (Å²) in [6.45, 7) is 5.69. The molecule has 0 unspecified atom stereocenters. The molecule has 4 heteroatoms. The number of hydrogen-bond donors (Lipinski definition) is 2. The maximum absolute atomic E-state index is 10.6. The predicted molar refractivity (Wildman–Crippen MR) is 53.2 cm³/mol. The molecule has 14 heavy (non-hydrogen) atoms. The first-order valence-corrected chi connectivity index (χ1v) is 5.17. The van der Waals surface area contributed by atoms with Gasteiger partial charge in [-0.3, -0.25) is 4.79 Å². The first-order valence-electron chi connectivity index (χ1n) is 5.17. The molecule has 0 saturated carbocycles. The van der Waals surface area contributed by atoms with E-state index in [4.69, 9.17) is 9.84 Å². The molecule has 0 spiro atoms. The second-order valence-corrected chi connectivity index (χ2v) is 4.21. The Morgan fingerprint density at radius 2 is 2.36 bits per heavy atom. The number of nitrogens with one attached hydrogen (secondary N) is 1. The molecule has 1 aliphatic rings. The lowest BCUT2D eigenvalue weighted by Crippen LogP contribution is -2.29. The van der Waals surface area contributed by atoms with E-state index in [1.54, 1.807) is 0 Å². The minimum Gasteiger partial charge on any atom is -0.480 e. The lowest BCUT2D eigenvalue weighted by Gasteiger charge is -2.11. The van der Waals surface area contributed by atoms with Gasteiger partial charge in [0.1, 0.15) is 6.04 Å². The molecule has 2 atom stereocenters. The van der Waals surface area contributed by atoms with Crippen molar-refractivity contribution < 1.29 is 14.6 Å². The zero-order valence-corrected chi connectivity index (χ0v) is 8.82. The van der Waals surface area contributed by atoms with Crippen molar-refractivity contribution in [3.8, 4) is 0 Å². The molecular weight excluding hydrogens is 182 g/mol. The number of carboxylic acids is 1. The van der Waals surface area contributed by atoms with Crippen molar-refractivity contribution in [2.24, 2.45) is 5.92 Å². The molecule has 2 N–H and O–H groups in total. The Kier molecular flexibility index (Phi) is 4.35. The highest BCUT2D eigenvalue weighted by molar-refractivity contribution is 5.73. The van der Waals surface area contributed by atoms with Gasteiger partial charge in [0.05, 0.1) is 6.10 Å². The molecule has 1 aliphatic heterocycles. The third-order valence-corrected chi connectivity index (χ3v) is 2.44. The maximum Gasteiger partial charge on any atom is 0.320 e. The molecular formula is C10H19NO3. The third kappa shape index (κ3) is 3.64. The molecule has 0 radical (unpaired) electrons. The van der Waals surface area contributed by atoms with Crippen molar-refractivity contribution in [2.45, 2.75) is 38.8 Å². The number of hydrogen-bond acceptors (Lipinski definition) is 3. The van der Waals surface area contributed by atoms with Crippen LogP contribution in [0.4, 0.5) is 0 Å². The largest absolute Gasteiger partial charge is 0.480 e. The standard InChI is InChI=1S/C10H19NO3/c1-7(2)3-4-14-8-5-9(10(12)13)11-6-8/h7-9,11H,3-6H2,1-2H3,(H,12,13)/t8-,9+/m1/s1. The summed E-state index contributed by atoms with van der Waals surface area (Å²) >= 11 is 0. The molecule has 0 amide bonds. The minimum atomic E-state index is -0.778. The summed E-state index contributed by atoms with van der Waals surface area (Å²) in [7, 11) is 0. The van der Waals surface area contributed by atoms with E-state index in [0.29, 0.717) is 18.9 Å². The van der Waals surface area contributed by atoms with Crippen LogP contribution >= 0.6 is 0 Å². The molecule has 0 aromatic carbocycles. The molecule has 1 saturated heterocycles. The molecule has 1 fully saturated rings. The number of carbonyl (C=O) groups is 1. The van der Waals surface area contributed by atoms with E-state index < -0.39 is 12.0 Å². The van der Waals surface area contributed by atoms with Crippen molar-refractivity contribution in [1.82, 2.24) is 5.32 Å². The Morgan fingerprint density at radius 1 is 1.64 bits per heavy atom. The van der Waals surface area contributed by atoms with Gasteiger partial charge >= 0.3 is 5.97 Å². The highest BCUT2D eigenvalue weighted by atomic mass is 16.5. The van der Waals surface area contributed by atoms with Crippen LogP contribution in [-0.2, 0) is 9.53 Å². The van der Waals surface area contributed by atoms with Crippen LogP contribution in [0, 0.1) is 5.92 Å². The SMILES string of the molecule is CC(C)CCO[C@H]1CN[C@H](C(=O)O)C1. The topological polar surface area (TPSA) is 58.6 Å². The molecule has 82 valence electrons. The Labute approximate surface area is 84.6 Å². The Hall–Kier alpha value is -0.610. The lowest BCUT2D eigenvalue weighted by molar-refractivity contribution is -0.139. The van der Waals surface area contributed by atoms with Gasteiger partial charge in [-0.05, 0) is 12.3 Å². The van der Waals surface area contributed by atoms with Crippen molar-refractivity contribution in [1.29, 1.82) is 0 Å². The predicted octanol–water partition coefficient (Wildman–Crippen LogP) is 0.864. The van der Waals surface area contributed by atoms with Crippen molar-refractivity contribution >= 4 is 5.97 Å². The Bertz CT molecular complexity index is 194. The van der Waals surface area contributed by atoms with Crippen LogP contribution in [0.1, 0.15) is 26.7 Å². The summed E-state index contributed by atoms with van der Waals surface area (Å²) in [5.41, 5.74) is 0. The van der Waals surface area contributed by atoms with Crippen molar-refractivity contribution in [3.05, 3.63) is 0 Å². The fraction of sp³-hybridized carbons (Fsp3) is 0.900. The molecule has 0 aromatic rings. The van der Waals surface area contributed by atoms with E-state index in [1.165, 1.54) is 0 Å². The molecule has 1 rings (SSSR count). The molecule has 0 bridgehead atoms. The van der Waals surface area contributed by atoms with Gasteiger partial charge in [-0.1, -0.05) is 13.8 Å². The molecule has 0 aliphatic carbocycles. The van der Waals surface area contributed by atoms with Crippen LogP contribution in [0.2, 0.25) is 0 Å². The van der Waals surface area contributed by atoms with E-state index >= 15 is 0 Å². The summed E-state index contributed by atoms with van der Waals surface area (Å²) in [4.78, 5) is 10.6. The van der Waals surface area contributed by atoms with Crippen LogP contribution in [0.15, 0.2) is 0 Å². The van der Waals surface area contributed by atoms with E-state index in [1.807, 2.05) is 0 Å². The third-order valence-electron chi connectivity index (χ3n) is 2.44. The number of rotatable bonds is 5. The number of carboxylic acid groups (broad SMARTS) is 1. The van der Waals surface area contributed by atoms with E-state index in [-0.39, 0.29) is 6.10 Å². The first kappa shape index (κ1) is 11.5. The smallest absolute Gasteiger partial charge is 0.320 e. The van der Waals surface area contributed by atoms with Gasteiger partial charge in [-0.15, -0.1) is 0 Å². The van der Waals surface area contributed by atoms with Crippen LogP contribution in [0.25, 0.3) is 0 Å². The Balaban J connectivity index is 2.13. The van der Waals surface area contributed by atoms with E-state index in [0.717, 1.165) is 13.0 Å². The van der Waals surface area contributed by atoms with Gasteiger partial charge in [0.2, 0.25) is 0 Å². The van der Waals surface area contributed by atoms with Gasteiger partial charge in [-0.25, -0.2) is 0 Å². The second-order valence-electron chi connectivity index (χ2n) is 4.21. The first-order chi connectivity index (χ1) is 6.59. The van der Waals surface area contributed by atoms with Crippen LogP contribution in [0.3, 0.4) is 0 Å². The van der Waals surface area contributed by atoms with Crippen LogP contribution in [-0.4, -0.2) is 36.4 Å².